The van der Waals surface area contributed by atoms with Crippen molar-refractivity contribution < 1.29 is 146 Å². The van der Waals surface area contributed by atoms with Gasteiger partial charge in [-0.1, -0.05) is 53.7 Å². The summed E-state index contributed by atoms with van der Waals surface area (Å²) in [5.74, 6) is -32.0. The lowest BCUT2D eigenvalue weighted by Gasteiger charge is -2.30. The lowest BCUT2D eigenvalue weighted by Crippen LogP contribution is -2.62. The highest BCUT2D eigenvalue weighted by atomic mass is 32.1. The predicted molar refractivity (Wildman–Crippen MR) is 489 cm³/mol. The molecule has 0 fully saturated rings. The first kappa shape index (κ1) is 121. The van der Waals surface area contributed by atoms with E-state index in [1.807, 2.05) is 16.0 Å². The zero-order valence-corrected chi connectivity index (χ0v) is 79.2. The van der Waals surface area contributed by atoms with Crippen LogP contribution >= 0.6 is 12.6 Å². The lowest BCUT2D eigenvalue weighted by atomic mass is 9.98. The minimum Gasteiger partial charge on any atom is -0.508 e. The molecule has 2 aromatic rings. The lowest BCUT2D eigenvalue weighted by molar-refractivity contribution is -0.144. The van der Waals surface area contributed by atoms with Crippen molar-refractivity contribution in [1.82, 2.24) is 106 Å². The summed E-state index contributed by atoms with van der Waals surface area (Å²) in [5.41, 5.74) is 28.9. The number of aromatic hydroxyl groups is 1. The van der Waals surface area contributed by atoms with Crippen molar-refractivity contribution in [3.05, 3.63) is 48.0 Å². The Morgan fingerprint density at radius 1 is 0.367 bits per heavy atom. The molecule has 1 heterocycles. The summed E-state index contributed by atoms with van der Waals surface area (Å²) in [6.45, 7) is 12.2. The number of phenols is 1. The van der Waals surface area contributed by atoms with Gasteiger partial charge in [-0.2, -0.15) is 12.6 Å². The highest BCUT2D eigenvalue weighted by Crippen LogP contribution is 2.16. The van der Waals surface area contributed by atoms with E-state index in [4.69, 9.17) is 33.8 Å². The number of benzene rings is 1. The third-order valence-electron chi connectivity index (χ3n) is 20.7. The maximum Gasteiger partial charge on any atom is 0.326 e. The van der Waals surface area contributed by atoms with E-state index >= 15 is 0 Å². The fourth-order valence-corrected chi connectivity index (χ4v) is 13.0. The predicted octanol–water partition coefficient (Wildman–Crippen LogP) is -11.5. The monoisotopic (exact) mass is 1990 g/mol. The van der Waals surface area contributed by atoms with Gasteiger partial charge in [-0.05, 0) is 121 Å². The van der Waals surface area contributed by atoms with Crippen molar-refractivity contribution in [2.45, 2.75) is 268 Å². The van der Waals surface area contributed by atoms with Gasteiger partial charge >= 0.3 is 23.9 Å². The van der Waals surface area contributed by atoms with Gasteiger partial charge in [0.25, 0.3) is 0 Å². The van der Waals surface area contributed by atoms with Gasteiger partial charge in [0.1, 0.15) is 108 Å². The second-order valence-corrected chi connectivity index (χ2v) is 33.8. The van der Waals surface area contributed by atoms with Crippen LogP contribution in [0.15, 0.2) is 36.8 Å². The molecular weight excluding hydrogens is 1860 g/mol. The number of nitrogens with one attached hydrogen (secondary N) is 19. The van der Waals surface area contributed by atoms with E-state index in [-0.39, 0.29) is 56.5 Å². The standard InChI is InChI=1S/C83H131N25O30S/c1-36(2)63(81(135)103-52(28-58(88)112)76(130)100-51(27-57(87)111)75(129)102-54(30-62(118)119)77(131)98-49(83(137)138)21-22-60(114)115)107-79(133)56(34-139)105-69(123)42(10)93-66(120)39(7)92-59(113)32-90-71(125)53(29-61(116)117)101-74(128)50(25-43-17-19-45(110)20-18-43)99-68(122)41(9)94-67(121)40(8)95-72(126)47(15-11-13-23-84)96-73(127)48(16-12-14-24-85)97-80(134)64(37(3)4)108-82(136)65(38(5)6)106-78(132)55(33-109)104-70(124)46(86)26-44-31-89-35-91-44/h17-20,31,35-42,46-56,63-65,109-110,139H,11-16,21-30,32-34,84-86H2,1-10H3,(H2,87,111)(H2,88,112)(H,89,91)(H,90,125)(H,92,113)(H,93,120)(H,94,121)(H,95,126)(H,96,127)(H,97,134)(H,98,131)(H,99,122)(H,100,130)(H,101,128)(H,102,129)(H,103,135)(H,104,124)(H,105,123)(H,106,132)(H,107,133)(H,108,136)(H,114,115)(H,116,117)(H,118,119)(H,137,138)/t39-,40-,41-,42-,46-,47-,48-,49-,50-,51-,52-,53-,54-,55-,56-,63-,64-,65-/m0/s1. The largest absolute Gasteiger partial charge is 0.508 e. The number of unbranched alkanes of at least 4 members (excludes halogenated alkanes) is 2. The number of aliphatic carboxylic acids is 4. The van der Waals surface area contributed by atoms with Crippen molar-refractivity contribution in [3.63, 3.8) is 0 Å². The van der Waals surface area contributed by atoms with E-state index in [1.54, 1.807) is 27.7 Å². The number of nitrogens with two attached hydrogens (primary N) is 5. The molecule has 0 aliphatic carbocycles. The van der Waals surface area contributed by atoms with E-state index in [2.05, 4.69) is 102 Å². The van der Waals surface area contributed by atoms with Gasteiger partial charge < -0.3 is 160 Å². The number of carbonyl (C=O) groups is 24. The first-order chi connectivity index (χ1) is 65.1. The Hall–Kier alpha value is -14.3. The van der Waals surface area contributed by atoms with Crippen LogP contribution in [0.3, 0.4) is 0 Å². The zero-order chi connectivity index (χ0) is 106. The minimum atomic E-state index is -2.15. The smallest absolute Gasteiger partial charge is 0.326 e. The number of thiol groups is 1. The molecule has 0 aliphatic heterocycles. The van der Waals surface area contributed by atoms with Gasteiger partial charge in [0, 0.05) is 31.2 Å². The van der Waals surface area contributed by atoms with Crippen molar-refractivity contribution in [3.8, 4) is 5.75 Å². The molecule has 56 heteroatoms. The van der Waals surface area contributed by atoms with E-state index < -0.39 is 332 Å². The average Bonchev–Trinajstić information content (AvgIpc) is 1.01. The summed E-state index contributed by atoms with van der Waals surface area (Å²) in [6, 6.07) is -24.5. The number of hydrogen-bond acceptors (Lipinski definition) is 31. The highest BCUT2D eigenvalue weighted by molar-refractivity contribution is 7.80. The van der Waals surface area contributed by atoms with Gasteiger partial charge in [0.15, 0.2) is 0 Å². The van der Waals surface area contributed by atoms with Crippen LogP contribution in [0.2, 0.25) is 0 Å². The van der Waals surface area contributed by atoms with Gasteiger partial charge in [-0.15, -0.1) is 0 Å². The van der Waals surface area contributed by atoms with E-state index in [1.165, 1.54) is 64.5 Å². The summed E-state index contributed by atoms with van der Waals surface area (Å²) < 4.78 is 0. The number of carboxylic acid groups (broad SMARTS) is 4. The first-order valence-corrected chi connectivity index (χ1v) is 44.7. The molecule has 55 nitrogen and oxygen atoms in total. The number of amides is 20. The molecule has 1 aromatic carbocycles. The number of H-pyrrole nitrogens is 1. The summed E-state index contributed by atoms with van der Waals surface area (Å²) in [7, 11) is 0. The molecule has 0 saturated heterocycles. The number of aliphatic hydroxyl groups excluding tert-OH is 1. The Bertz CT molecular complexity index is 4620. The van der Waals surface area contributed by atoms with Crippen molar-refractivity contribution in [2.75, 3.05) is 32.0 Å². The fourth-order valence-electron chi connectivity index (χ4n) is 12.8. The zero-order valence-electron chi connectivity index (χ0n) is 78.3. The third-order valence-corrected chi connectivity index (χ3v) is 21.0. The van der Waals surface area contributed by atoms with Crippen LogP contribution in [0, 0.1) is 17.8 Å². The molecule has 35 N–H and O–H groups in total. The molecule has 0 unspecified atom stereocenters. The molecule has 1 aromatic heterocycles. The van der Waals surface area contributed by atoms with Crippen LogP contribution in [-0.2, 0) is 128 Å². The summed E-state index contributed by atoms with van der Waals surface area (Å²) >= 11 is 4.12. The molecule has 774 valence electrons. The molecule has 18 atom stereocenters. The van der Waals surface area contributed by atoms with Crippen LogP contribution < -0.4 is 124 Å². The van der Waals surface area contributed by atoms with Crippen molar-refractivity contribution in [1.29, 1.82) is 0 Å². The first-order valence-electron chi connectivity index (χ1n) is 44.1. The average molecular weight is 1990 g/mol. The quantitative estimate of drug-likeness (QED) is 0.0216. The second kappa shape index (κ2) is 61.0. The SMILES string of the molecule is CC(C)[C@H](NC(=O)[C@H](CS)NC(=O)[C@H](C)NC(=O)[C@H](C)NC(=O)CNC(=O)[C@H](CC(=O)O)NC(=O)[C@H](Cc1ccc(O)cc1)NC(=O)[C@H](C)NC(=O)[C@H](C)NC(=O)[C@H](CCCCN)NC(=O)[C@H](CCCCN)NC(=O)[C@@H](NC(=O)[C@@H](NC(=O)[C@H](CO)NC(=O)[C@@H](N)Cc1c[nH]cn1)C(C)C)C(C)C)C(=O)N[C@@H](CC(N)=O)C(=O)N[C@@H](CC(N)=O)C(=O)N[C@@H](CC(=O)O)C(=O)N[C@@H](CCC(=O)O)C(=O)O. The molecule has 2 rings (SSSR count). The Balaban J connectivity index is 2.24. The summed E-state index contributed by atoms with van der Waals surface area (Å²) in [6.07, 6.45) is -2.42. The number of nitrogens with zero attached hydrogens (tertiary/aromatic N) is 1. The molecule has 0 bridgehead atoms. The van der Waals surface area contributed by atoms with Crippen LogP contribution in [0.5, 0.6) is 5.75 Å². The molecule has 0 aliphatic rings. The van der Waals surface area contributed by atoms with E-state index in [0.717, 1.165) is 13.8 Å². The number of hydrogen-bond donors (Lipinski definition) is 31. The summed E-state index contributed by atoms with van der Waals surface area (Å²) in [5, 5.41) is 99.6. The Kier molecular flexibility index (Phi) is 53.0. The highest BCUT2D eigenvalue weighted by Gasteiger charge is 2.41. The maximum absolute atomic E-state index is 14.4. The number of rotatable bonds is 65. The van der Waals surface area contributed by atoms with Gasteiger partial charge in [0.2, 0.25) is 118 Å². The number of aliphatic hydroxyl groups is 1. The van der Waals surface area contributed by atoms with Gasteiger partial charge in [-0.25, -0.2) is 9.78 Å². The fraction of sp³-hybridized carbons (Fsp3) is 0.602. The number of aromatic amines is 1. The maximum atomic E-state index is 14.4. The van der Waals surface area contributed by atoms with Crippen molar-refractivity contribution >= 4 is 155 Å². The number of primary amides is 2. The van der Waals surface area contributed by atoms with Crippen LogP contribution in [0.25, 0.3) is 0 Å². The molecule has 0 spiro atoms. The van der Waals surface area contributed by atoms with Crippen LogP contribution in [-0.4, -0.2) is 323 Å². The normalized spacial score (nSPS) is 15.0. The summed E-state index contributed by atoms with van der Waals surface area (Å²) in [4.78, 5) is 325. The Morgan fingerprint density at radius 3 is 1.11 bits per heavy atom. The van der Waals surface area contributed by atoms with E-state index in [9.17, 15) is 141 Å². The van der Waals surface area contributed by atoms with Gasteiger partial charge in [0.05, 0.1) is 56.9 Å². The van der Waals surface area contributed by atoms with Crippen LogP contribution in [0.4, 0.5) is 0 Å². The second-order valence-electron chi connectivity index (χ2n) is 33.5. The number of phenolic OH excluding ortho intramolecular Hbond substituents is 1. The molecular formula is C83H131N25O30S. The molecule has 0 saturated carbocycles. The number of aromatic nitrogens is 2. The Labute approximate surface area is 802 Å². The third kappa shape index (κ3) is 44.6. The van der Waals surface area contributed by atoms with Gasteiger partial charge in [-0.3, -0.25) is 110 Å². The van der Waals surface area contributed by atoms with Crippen molar-refractivity contribution in [2.24, 2.45) is 46.4 Å². The molecule has 20 amide bonds. The van der Waals surface area contributed by atoms with Crippen LogP contribution in [0.1, 0.15) is 158 Å². The topological polar surface area (TPSA) is 906 Å². The Morgan fingerprint density at radius 2 is 0.705 bits per heavy atom. The van der Waals surface area contributed by atoms with E-state index in [0.29, 0.717) is 18.5 Å². The molecule has 139 heavy (non-hydrogen) atoms. The number of carboxylic acids is 4. The minimum absolute atomic E-state index is 0.0152. The number of imidazole rings is 1. The molecule has 0 radical (unpaired) electrons. The number of carbonyl (C=O) groups excluding carboxylic acids is 20.